The highest BCUT2D eigenvalue weighted by Crippen LogP contribution is 2.01. The van der Waals surface area contributed by atoms with E-state index in [-0.39, 0.29) is 10.3 Å². The van der Waals surface area contributed by atoms with Gasteiger partial charge in [0, 0.05) is 0 Å². The van der Waals surface area contributed by atoms with Gasteiger partial charge in [0.1, 0.15) is 0 Å². The summed E-state index contributed by atoms with van der Waals surface area (Å²) in [6.07, 6.45) is -0.823. The van der Waals surface area contributed by atoms with Gasteiger partial charge in [-0.3, -0.25) is 0 Å². The van der Waals surface area contributed by atoms with Crippen LogP contribution in [0.5, 0.6) is 0 Å². The summed E-state index contributed by atoms with van der Waals surface area (Å²) in [5.74, 6) is 0. The third kappa shape index (κ3) is 3.59. The molecule has 0 fully saturated rings. The zero-order chi connectivity index (χ0) is 10.6. The Balaban J connectivity index is 4.96. The largest absolute Gasteiger partial charge is 0.448 e. The first kappa shape index (κ1) is 12.2. The van der Waals surface area contributed by atoms with Crippen molar-refractivity contribution < 1.29 is 26.4 Å². The van der Waals surface area contributed by atoms with Crippen molar-refractivity contribution in [3.05, 3.63) is 0 Å². The number of nitrogens with zero attached hydrogens (tertiary/aromatic N) is 1. The fourth-order valence-corrected chi connectivity index (χ4v) is 1.99. The molecule has 1 amide bonds. The molecule has 0 spiro atoms. The summed E-state index contributed by atoms with van der Waals surface area (Å²) in [7, 11) is -7.66. The van der Waals surface area contributed by atoms with E-state index < -0.39 is 27.0 Å². The van der Waals surface area contributed by atoms with Crippen molar-refractivity contribution in [2.75, 3.05) is 12.9 Å². The fourth-order valence-electron chi connectivity index (χ4n) is 0.502. The maximum atomic E-state index is 10.8. The van der Waals surface area contributed by atoms with E-state index in [0.29, 0.717) is 6.26 Å². The Labute approximate surface area is 77.4 Å². The van der Waals surface area contributed by atoms with Crippen molar-refractivity contribution >= 4 is 27.0 Å². The Bertz CT molecular complexity index is 347. The highest BCUT2D eigenvalue weighted by molar-refractivity contribution is 7.97. The highest BCUT2D eigenvalue weighted by Gasteiger charge is 2.27. The summed E-state index contributed by atoms with van der Waals surface area (Å²) in [6.45, 7) is 1.32. The Kier molecular flexibility index (Phi) is 4.14. The Morgan fingerprint density at radius 2 is 1.92 bits per heavy atom. The summed E-state index contributed by atoms with van der Waals surface area (Å²) in [6, 6.07) is 0. The van der Waals surface area contributed by atoms with E-state index in [9.17, 15) is 21.6 Å². The lowest BCUT2D eigenvalue weighted by Crippen LogP contribution is -2.35. The lowest BCUT2D eigenvalue weighted by molar-refractivity contribution is 0.145. The van der Waals surface area contributed by atoms with E-state index in [1.807, 2.05) is 0 Å². The number of sulfonamides is 1. The molecule has 9 heteroatoms. The van der Waals surface area contributed by atoms with Crippen LogP contribution in [0, 0.1) is 0 Å². The number of rotatable bonds is 3. The van der Waals surface area contributed by atoms with Crippen LogP contribution in [0.3, 0.4) is 0 Å². The van der Waals surface area contributed by atoms with Crippen LogP contribution in [0.1, 0.15) is 6.92 Å². The minimum Gasteiger partial charge on any atom is -0.448 e. The quantitative estimate of drug-likeness (QED) is 0.621. The molecule has 0 saturated carbocycles. The predicted molar refractivity (Wildman–Crippen MR) is 44.0 cm³/mol. The van der Waals surface area contributed by atoms with Crippen LogP contribution in [0.15, 0.2) is 0 Å². The first-order chi connectivity index (χ1) is 5.80. The monoisotopic (exact) mass is 231 g/mol. The highest BCUT2D eigenvalue weighted by atomic mass is 32.3. The van der Waals surface area contributed by atoms with Gasteiger partial charge in [0.15, 0.2) is 0 Å². The molecule has 0 rings (SSSR count). The van der Waals surface area contributed by atoms with Gasteiger partial charge in [0.05, 0.1) is 12.9 Å². The van der Waals surface area contributed by atoms with Crippen LogP contribution in [-0.4, -0.2) is 39.5 Å². The summed E-state index contributed by atoms with van der Waals surface area (Å²) in [4.78, 5) is 10.8. The number of hydrogen-bond acceptors (Lipinski definition) is 6. The van der Waals surface area contributed by atoms with Gasteiger partial charge in [-0.05, 0) is 6.92 Å². The summed E-state index contributed by atoms with van der Waals surface area (Å²) < 4.78 is 46.0. The first-order valence-corrected chi connectivity index (χ1v) is 6.10. The first-order valence-electron chi connectivity index (χ1n) is 3.12. The molecule has 13 heavy (non-hydrogen) atoms. The van der Waals surface area contributed by atoms with E-state index in [0.717, 1.165) is 0 Å². The molecule has 0 N–H and O–H groups in total. The predicted octanol–water partition coefficient (Wildman–Crippen LogP) is -1.07. The van der Waals surface area contributed by atoms with Crippen molar-refractivity contribution in [2.45, 2.75) is 6.92 Å². The van der Waals surface area contributed by atoms with Gasteiger partial charge in [-0.15, -0.1) is 0 Å². The number of hydrogen-bond donors (Lipinski definition) is 1. The second-order valence-electron chi connectivity index (χ2n) is 1.94. The van der Waals surface area contributed by atoms with Gasteiger partial charge in [0.2, 0.25) is 20.9 Å². The Morgan fingerprint density at radius 3 is 2.15 bits per heavy atom. The molecule has 0 aromatic rings. The summed E-state index contributed by atoms with van der Waals surface area (Å²) in [5, 5.41) is 0. The van der Waals surface area contributed by atoms with Gasteiger partial charge in [-0.25, -0.2) is 21.6 Å². The second-order valence-corrected chi connectivity index (χ2v) is 4.92. The topological polar surface area (TPSA) is 97.8 Å². The molecule has 0 aromatic heterocycles. The van der Waals surface area contributed by atoms with Crippen LogP contribution in [0.2, 0.25) is 0 Å². The third-order valence-corrected chi connectivity index (χ3v) is 3.41. The smallest absolute Gasteiger partial charge is 0.437 e. The summed E-state index contributed by atoms with van der Waals surface area (Å²) in [5.41, 5.74) is 0. The molecule has 78 valence electrons. The van der Waals surface area contributed by atoms with E-state index in [2.05, 4.69) is 4.74 Å². The van der Waals surface area contributed by atoms with Crippen LogP contribution in [-0.2, 0) is 25.7 Å². The van der Waals surface area contributed by atoms with Crippen molar-refractivity contribution in [1.82, 2.24) is 3.71 Å². The molecule has 0 bridgehead atoms. The number of carbonyl (C=O) groups excluding carboxylic acids is 1. The Morgan fingerprint density at radius 1 is 1.46 bits per heavy atom. The molecule has 0 aliphatic rings. The molecular weight excluding hydrogens is 222 g/mol. The molecule has 7 nitrogen and oxygen atoms in total. The molecular formula is C4H9NO6S2. The number of carbonyl (C=O) groups is 1. The zero-order valence-corrected chi connectivity index (χ0v) is 8.67. The maximum absolute atomic E-state index is 10.8. The Hall–Kier alpha value is -0.830. The fraction of sp³-hybridized carbons (Fsp3) is 0.750. The second kappa shape index (κ2) is 4.42. The molecule has 0 atom stereocenters. The maximum Gasteiger partial charge on any atom is 0.437 e. The minimum atomic E-state index is -4.12. The van der Waals surface area contributed by atoms with E-state index in [1.165, 1.54) is 6.92 Å². The van der Waals surface area contributed by atoms with Crippen molar-refractivity contribution in [1.29, 1.82) is 0 Å². The standard InChI is InChI=1S/C4H9NO6S2/c1-3-11-4(6)5(12(7)8)13(2,9)10/h12H,3H2,1-2H3. The number of ether oxygens (including phenoxy) is 1. The van der Waals surface area contributed by atoms with Gasteiger partial charge >= 0.3 is 6.09 Å². The molecule has 0 aromatic carbocycles. The molecule has 0 heterocycles. The number of thiol groups is 1. The summed E-state index contributed by atoms with van der Waals surface area (Å²) >= 11 is 0. The lowest BCUT2D eigenvalue weighted by atomic mass is 10.9. The average Bonchev–Trinajstić information content (AvgIpc) is 1.82. The van der Waals surface area contributed by atoms with Crippen LogP contribution >= 0.6 is 0 Å². The van der Waals surface area contributed by atoms with Crippen LogP contribution < -0.4 is 0 Å². The molecule has 0 radical (unpaired) electrons. The van der Waals surface area contributed by atoms with Gasteiger partial charge in [-0.2, -0.15) is 0 Å². The normalized spacial score (nSPS) is 11.3. The molecule has 0 aliphatic heterocycles. The lowest BCUT2D eigenvalue weighted by Gasteiger charge is -2.11. The van der Waals surface area contributed by atoms with Crippen molar-refractivity contribution in [3.8, 4) is 0 Å². The van der Waals surface area contributed by atoms with E-state index in [1.54, 1.807) is 0 Å². The van der Waals surface area contributed by atoms with Crippen LogP contribution in [0.25, 0.3) is 0 Å². The molecule has 0 unspecified atom stereocenters. The SMILES string of the molecule is CCOC(=O)N([SH](=O)=O)S(C)(=O)=O. The molecule has 0 saturated heterocycles. The third-order valence-electron chi connectivity index (χ3n) is 0.886. The zero-order valence-electron chi connectivity index (χ0n) is 6.96. The van der Waals surface area contributed by atoms with Gasteiger partial charge in [-0.1, -0.05) is 3.71 Å². The minimum absolute atomic E-state index is 0.103. The van der Waals surface area contributed by atoms with E-state index >= 15 is 0 Å². The van der Waals surface area contributed by atoms with Crippen molar-refractivity contribution in [2.24, 2.45) is 0 Å². The van der Waals surface area contributed by atoms with Crippen LogP contribution in [0.4, 0.5) is 4.79 Å². The number of amides is 1. The van der Waals surface area contributed by atoms with Gasteiger partial charge in [0.25, 0.3) is 0 Å². The van der Waals surface area contributed by atoms with Crippen molar-refractivity contribution in [3.63, 3.8) is 0 Å². The average molecular weight is 231 g/mol. The molecule has 0 aliphatic carbocycles. The van der Waals surface area contributed by atoms with E-state index in [4.69, 9.17) is 0 Å². The van der Waals surface area contributed by atoms with Gasteiger partial charge < -0.3 is 4.74 Å².